The maximum atomic E-state index is 14.6. The monoisotopic (exact) mass is 806 g/mol. The van der Waals surface area contributed by atoms with E-state index in [2.05, 4.69) is 15.4 Å². The van der Waals surface area contributed by atoms with Crippen LogP contribution in [0.4, 0.5) is 4.79 Å². The molecule has 16 heteroatoms. The van der Waals surface area contributed by atoms with Crippen molar-refractivity contribution in [1.29, 1.82) is 0 Å². The summed E-state index contributed by atoms with van der Waals surface area (Å²) in [7, 11) is -2.26. The van der Waals surface area contributed by atoms with Crippen LogP contribution in [0.15, 0.2) is 30.4 Å². The highest BCUT2D eigenvalue weighted by Gasteiger charge is 2.61. The standard InChI is InChI=1S/C41H54N6O9S/c1-40-22-25(40)11-8-6-10-13-32-36(43-34-21-28(54-2)15-18-31(34)42-32)55-29-19-27-20-35(48)45-41(38(50)46-57(52,53)30-16-17-30)23-26(41)12-7-4-3-5-9-14-33(44-39(51)56-40)37(49)47(27)24-29/h7,12,15,18,21,25-27,29-30,33H,3-6,8-11,13-14,16-17,19-20,22-24H2,1-2H3,(H,44,51)(H,45,48)(H,46,50). The van der Waals surface area contributed by atoms with E-state index in [0.29, 0.717) is 66.9 Å². The molecule has 6 aliphatic rings. The molecule has 8 rings (SSSR count). The van der Waals surface area contributed by atoms with Crippen LogP contribution < -0.4 is 24.8 Å². The van der Waals surface area contributed by atoms with E-state index in [1.165, 1.54) is 0 Å². The second-order valence-corrected chi connectivity index (χ2v) is 19.1. The van der Waals surface area contributed by atoms with E-state index in [4.69, 9.17) is 24.2 Å². The molecule has 3 aliphatic carbocycles. The minimum Gasteiger partial charge on any atom is -0.497 e. The topological polar surface area (TPSA) is 195 Å². The van der Waals surface area contributed by atoms with Crippen LogP contribution in [0.1, 0.15) is 109 Å². The minimum atomic E-state index is -3.85. The first-order valence-corrected chi connectivity index (χ1v) is 22.3. The normalized spacial score (nSPS) is 32.6. The van der Waals surface area contributed by atoms with Gasteiger partial charge >= 0.3 is 6.09 Å². The number of fused-ring (bicyclic) bond motifs is 6. The molecule has 4 heterocycles. The number of methoxy groups -OCH3 is 1. The summed E-state index contributed by atoms with van der Waals surface area (Å²) in [5, 5.41) is 5.21. The Morgan fingerprint density at radius 3 is 2.61 bits per heavy atom. The van der Waals surface area contributed by atoms with Gasteiger partial charge in [-0.2, -0.15) is 0 Å². The first-order chi connectivity index (χ1) is 27.4. The maximum absolute atomic E-state index is 14.6. The van der Waals surface area contributed by atoms with Gasteiger partial charge in [0.2, 0.25) is 27.7 Å². The zero-order valence-corrected chi connectivity index (χ0v) is 33.6. The van der Waals surface area contributed by atoms with Crippen molar-refractivity contribution in [1.82, 2.24) is 30.2 Å². The molecule has 0 spiro atoms. The van der Waals surface area contributed by atoms with E-state index in [1.807, 2.05) is 31.2 Å². The first-order valence-electron chi connectivity index (χ1n) is 20.7. The van der Waals surface area contributed by atoms with E-state index >= 15 is 0 Å². The molecule has 7 unspecified atom stereocenters. The molecule has 7 atom stereocenters. The fourth-order valence-corrected chi connectivity index (χ4v) is 10.3. The Labute approximate surface area is 333 Å². The van der Waals surface area contributed by atoms with Crippen LogP contribution in [0.5, 0.6) is 11.6 Å². The lowest BCUT2D eigenvalue weighted by atomic mass is 10.0. The molecule has 3 saturated carbocycles. The molecule has 1 aromatic heterocycles. The number of hydrogen-bond donors (Lipinski definition) is 3. The number of rotatable bonds is 4. The molecular formula is C41H54N6O9S. The molecule has 308 valence electrons. The lowest BCUT2D eigenvalue weighted by Crippen LogP contribution is -2.54. The zero-order valence-electron chi connectivity index (χ0n) is 32.8. The van der Waals surface area contributed by atoms with Crippen molar-refractivity contribution in [2.45, 2.75) is 144 Å². The Morgan fingerprint density at radius 1 is 1.00 bits per heavy atom. The number of aromatic nitrogens is 2. The predicted molar refractivity (Wildman–Crippen MR) is 209 cm³/mol. The van der Waals surface area contributed by atoms with Gasteiger partial charge in [-0.25, -0.2) is 23.2 Å². The van der Waals surface area contributed by atoms with Crippen molar-refractivity contribution in [2.24, 2.45) is 11.8 Å². The van der Waals surface area contributed by atoms with Crippen LogP contribution in [0.25, 0.3) is 11.0 Å². The van der Waals surface area contributed by atoms with Crippen LogP contribution in [0.2, 0.25) is 0 Å². The highest BCUT2D eigenvalue weighted by molar-refractivity contribution is 7.91. The van der Waals surface area contributed by atoms with Crippen LogP contribution >= 0.6 is 0 Å². The van der Waals surface area contributed by atoms with Gasteiger partial charge in [0.1, 0.15) is 34.7 Å². The second kappa shape index (κ2) is 15.7. The third-order valence-corrected chi connectivity index (χ3v) is 14.5. The Kier molecular flexibility index (Phi) is 10.8. The summed E-state index contributed by atoms with van der Waals surface area (Å²) >= 11 is 0. The van der Waals surface area contributed by atoms with Crippen LogP contribution in [-0.4, -0.2) is 95.3 Å². The van der Waals surface area contributed by atoms with E-state index in [-0.39, 0.29) is 43.6 Å². The summed E-state index contributed by atoms with van der Waals surface area (Å²) in [6.07, 6.45) is 12.5. The van der Waals surface area contributed by atoms with E-state index in [0.717, 1.165) is 44.9 Å². The lowest BCUT2D eigenvalue weighted by Gasteiger charge is -2.30. The molecule has 0 radical (unpaired) electrons. The number of aryl methyl sites for hydroxylation is 1. The Bertz CT molecular complexity index is 2060. The summed E-state index contributed by atoms with van der Waals surface area (Å²) in [6.45, 7) is 2.07. The highest BCUT2D eigenvalue weighted by atomic mass is 32.2. The molecule has 1 aromatic carbocycles. The van der Waals surface area contributed by atoms with Crippen molar-refractivity contribution in [3.05, 3.63) is 36.0 Å². The molecule has 3 N–H and O–H groups in total. The van der Waals surface area contributed by atoms with Gasteiger partial charge in [0.15, 0.2) is 0 Å². The van der Waals surface area contributed by atoms with Gasteiger partial charge in [-0.1, -0.05) is 37.8 Å². The molecule has 15 nitrogen and oxygen atoms in total. The molecule has 3 bridgehead atoms. The largest absolute Gasteiger partial charge is 0.497 e. The van der Waals surface area contributed by atoms with Crippen LogP contribution in [0.3, 0.4) is 0 Å². The summed E-state index contributed by atoms with van der Waals surface area (Å²) in [5.41, 5.74) is 0.0225. The molecule has 1 saturated heterocycles. The van der Waals surface area contributed by atoms with Gasteiger partial charge in [0.05, 0.1) is 29.9 Å². The average Bonchev–Trinajstić information content (AvgIpc) is 4.11. The Balaban J connectivity index is 1.10. The average molecular weight is 807 g/mol. The Hall–Kier alpha value is -4.47. The second-order valence-electron chi connectivity index (χ2n) is 17.1. The van der Waals surface area contributed by atoms with Gasteiger partial charge in [-0.05, 0) is 83.3 Å². The number of amides is 4. The van der Waals surface area contributed by atoms with Crippen molar-refractivity contribution >= 4 is 44.9 Å². The van der Waals surface area contributed by atoms with Gasteiger partial charge < -0.3 is 29.7 Å². The number of allylic oxidation sites excluding steroid dienone is 1. The summed E-state index contributed by atoms with van der Waals surface area (Å²) < 4.78 is 45.9. The maximum Gasteiger partial charge on any atom is 0.408 e. The number of alkyl carbamates (subject to hydrolysis) is 1. The fraction of sp³-hybridized carbons (Fsp3) is 0.659. The molecule has 3 aliphatic heterocycles. The smallest absolute Gasteiger partial charge is 0.408 e. The zero-order chi connectivity index (χ0) is 40.0. The minimum absolute atomic E-state index is 0.123. The number of carbonyl (C=O) groups excluding carboxylic acids is 4. The highest BCUT2D eigenvalue weighted by Crippen LogP contribution is 2.50. The third-order valence-electron chi connectivity index (χ3n) is 12.7. The molecule has 4 fully saturated rings. The lowest BCUT2D eigenvalue weighted by molar-refractivity contribution is -0.136. The van der Waals surface area contributed by atoms with Gasteiger partial charge in [-0.15, -0.1) is 0 Å². The number of hydrogen-bond acceptors (Lipinski definition) is 11. The van der Waals surface area contributed by atoms with Crippen molar-refractivity contribution in [2.75, 3.05) is 13.7 Å². The predicted octanol–water partition coefficient (Wildman–Crippen LogP) is 4.37. The van der Waals surface area contributed by atoms with Gasteiger partial charge in [0, 0.05) is 36.8 Å². The van der Waals surface area contributed by atoms with E-state index in [1.54, 1.807) is 18.1 Å². The van der Waals surface area contributed by atoms with Crippen molar-refractivity contribution < 1.29 is 41.8 Å². The van der Waals surface area contributed by atoms with E-state index in [9.17, 15) is 27.6 Å². The number of carbonyl (C=O) groups is 4. The number of nitrogens with zero attached hydrogens (tertiary/aromatic N) is 3. The van der Waals surface area contributed by atoms with Gasteiger partial charge in [0.25, 0.3) is 5.91 Å². The molecular weight excluding hydrogens is 753 g/mol. The third kappa shape index (κ3) is 8.70. The SMILES string of the molecule is COc1ccc2nc3c(nc2c1)OC1CC2CC(=O)NC4(C(=O)NS(=O)(=O)C5CC5)CC4C=CCCCCCC(NC(=O)OC4(C)CC4CCCCC3)C(=O)N2C1. The van der Waals surface area contributed by atoms with Gasteiger partial charge in [-0.3, -0.25) is 19.1 Å². The first kappa shape index (κ1) is 39.4. The summed E-state index contributed by atoms with van der Waals surface area (Å²) in [5.74, 6) is -0.706. The molecule has 2 aromatic rings. The Morgan fingerprint density at radius 2 is 1.81 bits per heavy atom. The summed E-state index contributed by atoms with van der Waals surface area (Å²) in [4.78, 5) is 67.2. The molecule has 57 heavy (non-hydrogen) atoms. The van der Waals surface area contributed by atoms with Crippen molar-refractivity contribution in [3.8, 4) is 11.6 Å². The van der Waals surface area contributed by atoms with Crippen LogP contribution in [0, 0.1) is 11.8 Å². The number of ether oxygens (including phenoxy) is 3. The number of benzene rings is 1. The number of nitrogens with one attached hydrogen (secondary N) is 3. The molecule has 4 amide bonds. The fourth-order valence-electron chi connectivity index (χ4n) is 8.91. The quantitative estimate of drug-likeness (QED) is 0.372. The summed E-state index contributed by atoms with van der Waals surface area (Å²) in [6, 6.07) is 3.95. The number of sulfonamides is 1. The van der Waals surface area contributed by atoms with Crippen LogP contribution in [-0.2, 0) is 35.6 Å². The van der Waals surface area contributed by atoms with E-state index < -0.39 is 62.5 Å². The van der Waals surface area contributed by atoms with Crippen molar-refractivity contribution in [3.63, 3.8) is 0 Å².